The minimum Gasteiger partial charge on any atom is -0.477 e. The van der Waals surface area contributed by atoms with Crippen LogP contribution in [-0.2, 0) is 24.4 Å². The molecule has 34 heavy (non-hydrogen) atoms. The van der Waals surface area contributed by atoms with Gasteiger partial charge in [0.05, 0.1) is 28.5 Å². The number of likely N-dealkylation sites (tertiary alicyclic amines) is 1. The second-order valence-electron chi connectivity index (χ2n) is 9.06. The molecule has 4 heterocycles. The van der Waals surface area contributed by atoms with Gasteiger partial charge in [0, 0.05) is 50.9 Å². The lowest BCUT2D eigenvalue weighted by Crippen LogP contribution is -2.38. The molecule has 176 valence electrons. The van der Waals surface area contributed by atoms with E-state index in [0.717, 1.165) is 29.8 Å². The first-order valence-corrected chi connectivity index (χ1v) is 11.7. The van der Waals surface area contributed by atoms with Crippen LogP contribution in [0.3, 0.4) is 0 Å². The van der Waals surface area contributed by atoms with E-state index in [1.54, 1.807) is 19.2 Å². The van der Waals surface area contributed by atoms with Crippen LogP contribution in [0.1, 0.15) is 41.4 Å². The Morgan fingerprint density at radius 2 is 1.97 bits per heavy atom. The molecular weight excluding hydrogens is 456 g/mol. The summed E-state index contributed by atoms with van der Waals surface area (Å²) in [7, 11) is 0. The summed E-state index contributed by atoms with van der Waals surface area (Å²) >= 11 is 6.62. The van der Waals surface area contributed by atoms with Crippen molar-refractivity contribution in [3.63, 3.8) is 0 Å². The summed E-state index contributed by atoms with van der Waals surface area (Å²) < 4.78 is 1.87. The highest BCUT2D eigenvalue weighted by atomic mass is 35.5. The fourth-order valence-electron chi connectivity index (χ4n) is 5.02. The van der Waals surface area contributed by atoms with Crippen LogP contribution in [-0.4, -0.2) is 44.5 Å². The summed E-state index contributed by atoms with van der Waals surface area (Å²) in [6, 6.07) is 7.43. The molecule has 8 nitrogen and oxygen atoms in total. The maximum absolute atomic E-state index is 13.0. The third-order valence-corrected chi connectivity index (χ3v) is 7.22. The van der Waals surface area contributed by atoms with E-state index in [9.17, 15) is 19.5 Å². The van der Waals surface area contributed by atoms with Crippen molar-refractivity contribution in [2.45, 2.75) is 39.4 Å². The molecule has 2 aliphatic rings. The first-order chi connectivity index (χ1) is 16.3. The Labute approximate surface area is 201 Å². The molecule has 0 atom stereocenters. The normalized spacial score (nSPS) is 16.2. The molecule has 0 unspecified atom stereocenters. The molecule has 1 fully saturated rings. The number of halogens is 1. The summed E-state index contributed by atoms with van der Waals surface area (Å²) in [4.78, 5) is 44.9. The van der Waals surface area contributed by atoms with Crippen LogP contribution in [0.4, 0.5) is 5.69 Å². The van der Waals surface area contributed by atoms with Crippen LogP contribution in [0.2, 0.25) is 5.02 Å². The number of anilines is 1. The largest absolute Gasteiger partial charge is 0.477 e. The number of fused-ring (bicyclic) bond motifs is 2. The predicted molar refractivity (Wildman–Crippen MR) is 129 cm³/mol. The maximum Gasteiger partial charge on any atom is 0.341 e. The number of aromatic nitrogens is 2. The Bertz CT molecular complexity index is 1340. The van der Waals surface area contributed by atoms with Gasteiger partial charge in [-0.15, -0.1) is 0 Å². The first-order valence-electron chi connectivity index (χ1n) is 11.3. The van der Waals surface area contributed by atoms with Gasteiger partial charge in [-0.3, -0.25) is 14.6 Å². The van der Waals surface area contributed by atoms with E-state index in [1.165, 1.54) is 6.20 Å². The number of nitrogens with zero attached hydrogens (tertiary/aromatic N) is 4. The Kier molecular flexibility index (Phi) is 5.77. The van der Waals surface area contributed by atoms with Crippen LogP contribution >= 0.6 is 11.6 Å². The van der Waals surface area contributed by atoms with Crippen molar-refractivity contribution in [1.82, 2.24) is 14.5 Å². The number of pyridine rings is 2. The fourth-order valence-corrected chi connectivity index (χ4v) is 5.31. The number of carboxylic acid groups (broad SMARTS) is 1. The Hall–Kier alpha value is -3.39. The second kappa shape index (κ2) is 8.76. The summed E-state index contributed by atoms with van der Waals surface area (Å²) in [5.74, 6) is -0.920. The molecule has 5 rings (SSSR count). The standard InChI is InChI=1S/C25H25ClN4O4/c1-15(31)28-7-4-16(5-8-28)11-29-13-19(25(33)34)24(32)18-9-20(26)23(10-22(18)29)30-12-17-3-2-6-27-21(17)14-30/h2-3,6,9-10,13,16H,4-5,7-8,11-12,14H2,1H3,(H,33,34). The summed E-state index contributed by atoms with van der Waals surface area (Å²) in [5, 5.41) is 10.3. The highest BCUT2D eigenvalue weighted by Crippen LogP contribution is 2.35. The highest BCUT2D eigenvalue weighted by molar-refractivity contribution is 6.34. The van der Waals surface area contributed by atoms with Crippen LogP contribution in [0.15, 0.2) is 41.5 Å². The number of aromatic carboxylic acids is 1. The Morgan fingerprint density at radius 1 is 1.21 bits per heavy atom. The molecular formula is C25H25ClN4O4. The molecule has 2 aromatic heterocycles. The number of hydrogen-bond acceptors (Lipinski definition) is 5. The average molecular weight is 481 g/mol. The number of carbonyl (C=O) groups is 2. The van der Waals surface area contributed by atoms with E-state index in [0.29, 0.717) is 48.6 Å². The van der Waals surface area contributed by atoms with Crippen LogP contribution in [0.5, 0.6) is 0 Å². The monoisotopic (exact) mass is 480 g/mol. The van der Waals surface area contributed by atoms with Crippen LogP contribution in [0.25, 0.3) is 10.9 Å². The van der Waals surface area contributed by atoms with Gasteiger partial charge in [0.1, 0.15) is 5.56 Å². The van der Waals surface area contributed by atoms with Gasteiger partial charge in [0.25, 0.3) is 0 Å². The molecule has 2 aliphatic heterocycles. The van der Waals surface area contributed by atoms with E-state index in [2.05, 4.69) is 9.88 Å². The molecule has 0 aliphatic carbocycles. The molecule has 1 saturated heterocycles. The minimum atomic E-state index is -1.26. The predicted octanol–water partition coefficient (Wildman–Crippen LogP) is 3.53. The van der Waals surface area contributed by atoms with Crippen molar-refractivity contribution < 1.29 is 14.7 Å². The summed E-state index contributed by atoms with van der Waals surface area (Å²) in [6.07, 6.45) is 4.86. The zero-order chi connectivity index (χ0) is 24.0. The lowest BCUT2D eigenvalue weighted by molar-refractivity contribution is -0.130. The lowest BCUT2D eigenvalue weighted by Gasteiger charge is -2.32. The van der Waals surface area contributed by atoms with Gasteiger partial charge in [-0.25, -0.2) is 4.79 Å². The van der Waals surface area contributed by atoms with E-state index in [4.69, 9.17) is 11.6 Å². The number of rotatable bonds is 4. The fraction of sp³-hybridized carbons (Fsp3) is 0.360. The van der Waals surface area contributed by atoms with Gasteiger partial charge in [-0.1, -0.05) is 17.7 Å². The first kappa shape index (κ1) is 22.4. The van der Waals surface area contributed by atoms with Gasteiger partial charge < -0.3 is 19.5 Å². The van der Waals surface area contributed by atoms with Crippen LogP contribution < -0.4 is 10.3 Å². The smallest absolute Gasteiger partial charge is 0.341 e. The molecule has 0 spiro atoms. The number of carbonyl (C=O) groups excluding carboxylic acids is 1. The molecule has 3 aromatic rings. The molecule has 0 radical (unpaired) electrons. The van der Waals surface area contributed by atoms with Gasteiger partial charge in [0.15, 0.2) is 0 Å². The number of benzene rings is 1. The van der Waals surface area contributed by atoms with Crippen molar-refractivity contribution >= 4 is 40.1 Å². The average Bonchev–Trinajstić information content (AvgIpc) is 3.25. The molecule has 1 aromatic carbocycles. The Balaban J connectivity index is 1.54. The number of carboxylic acids is 1. The van der Waals surface area contributed by atoms with Crippen molar-refractivity contribution in [2.75, 3.05) is 18.0 Å². The minimum absolute atomic E-state index is 0.0702. The van der Waals surface area contributed by atoms with Gasteiger partial charge in [-0.2, -0.15) is 0 Å². The van der Waals surface area contributed by atoms with Crippen LogP contribution in [0, 0.1) is 5.92 Å². The molecule has 1 N–H and O–H groups in total. The SMILES string of the molecule is CC(=O)N1CCC(Cn2cc(C(=O)O)c(=O)c3cc(Cl)c(N4Cc5cccnc5C4)cc32)CC1. The Morgan fingerprint density at radius 3 is 2.65 bits per heavy atom. The van der Waals surface area contributed by atoms with Gasteiger partial charge in [0.2, 0.25) is 11.3 Å². The molecule has 9 heteroatoms. The molecule has 1 amide bonds. The number of piperidine rings is 1. The summed E-state index contributed by atoms with van der Waals surface area (Å²) in [5.41, 5.74) is 2.77. The van der Waals surface area contributed by atoms with E-state index < -0.39 is 11.4 Å². The quantitative estimate of drug-likeness (QED) is 0.613. The topological polar surface area (TPSA) is 95.7 Å². The third kappa shape index (κ3) is 4.03. The zero-order valence-electron chi connectivity index (χ0n) is 18.8. The van der Waals surface area contributed by atoms with E-state index in [-0.39, 0.29) is 17.4 Å². The molecule has 0 bridgehead atoms. The summed E-state index contributed by atoms with van der Waals surface area (Å²) in [6.45, 7) is 4.77. The van der Waals surface area contributed by atoms with Crippen molar-refractivity contribution in [1.29, 1.82) is 0 Å². The zero-order valence-corrected chi connectivity index (χ0v) is 19.6. The lowest BCUT2D eigenvalue weighted by atomic mass is 9.96. The van der Waals surface area contributed by atoms with Crippen molar-refractivity contribution in [3.8, 4) is 0 Å². The third-order valence-electron chi connectivity index (χ3n) is 6.92. The van der Waals surface area contributed by atoms with Crippen molar-refractivity contribution in [3.05, 3.63) is 68.7 Å². The van der Waals surface area contributed by atoms with E-state index >= 15 is 0 Å². The van der Waals surface area contributed by atoms with Gasteiger partial charge in [-0.05, 0) is 42.5 Å². The molecule has 0 saturated carbocycles. The maximum atomic E-state index is 13.0. The van der Waals surface area contributed by atoms with Gasteiger partial charge >= 0.3 is 5.97 Å². The second-order valence-corrected chi connectivity index (χ2v) is 9.47. The van der Waals surface area contributed by atoms with Crippen molar-refractivity contribution in [2.24, 2.45) is 5.92 Å². The highest BCUT2D eigenvalue weighted by Gasteiger charge is 2.26. The number of hydrogen-bond donors (Lipinski definition) is 1. The van der Waals surface area contributed by atoms with E-state index in [1.807, 2.05) is 27.7 Å². The number of amides is 1.